The molecule has 0 atom stereocenters. The summed E-state index contributed by atoms with van der Waals surface area (Å²) in [5.74, 6) is 0.822. The predicted molar refractivity (Wildman–Crippen MR) is 70.3 cm³/mol. The lowest BCUT2D eigenvalue weighted by atomic mass is 10.2. The van der Waals surface area contributed by atoms with E-state index in [1.165, 1.54) is 0 Å². The van der Waals surface area contributed by atoms with E-state index in [9.17, 15) is 5.11 Å². The van der Waals surface area contributed by atoms with Crippen LogP contribution in [0.5, 0.6) is 11.5 Å². The lowest BCUT2D eigenvalue weighted by molar-refractivity contribution is 0.407. The Morgan fingerprint density at radius 2 is 2.11 bits per heavy atom. The van der Waals surface area contributed by atoms with Gasteiger partial charge in [0.05, 0.1) is 18.3 Å². The van der Waals surface area contributed by atoms with Gasteiger partial charge in [0.2, 0.25) is 0 Å². The minimum atomic E-state index is 0.189. The average Bonchev–Trinajstić information content (AvgIpc) is 2.81. The molecule has 2 aromatic carbocycles. The fraction of sp³-hybridized carbons (Fsp3) is 0.0667. The van der Waals surface area contributed by atoms with Crippen LogP contribution < -0.4 is 4.74 Å². The van der Waals surface area contributed by atoms with E-state index >= 15 is 0 Å². The maximum atomic E-state index is 9.70. The van der Waals surface area contributed by atoms with Gasteiger partial charge in [-0.25, -0.2) is 0 Å². The van der Waals surface area contributed by atoms with E-state index in [1.807, 2.05) is 41.1 Å². The first-order valence-corrected chi connectivity index (χ1v) is 5.63. The fourth-order valence-electron chi connectivity index (χ4n) is 2.07. The van der Waals surface area contributed by atoms with E-state index in [1.54, 1.807) is 19.2 Å². The third-order valence-corrected chi connectivity index (χ3v) is 2.92. The SMILES string of the molecule is COc1cc(O)cc(-n2ccc3c[c]ccc32)c1. The molecular weight excluding hydrogens is 226 g/mol. The van der Waals surface area contributed by atoms with Crippen molar-refractivity contribution in [3.05, 3.63) is 54.7 Å². The molecule has 0 bridgehead atoms. The van der Waals surface area contributed by atoms with Gasteiger partial charge in [0.25, 0.3) is 0 Å². The molecule has 3 rings (SSSR count). The van der Waals surface area contributed by atoms with Crippen molar-refractivity contribution in [2.75, 3.05) is 7.11 Å². The summed E-state index contributed by atoms with van der Waals surface area (Å²) in [4.78, 5) is 0. The van der Waals surface area contributed by atoms with Gasteiger partial charge in [-0.3, -0.25) is 0 Å². The topological polar surface area (TPSA) is 34.4 Å². The van der Waals surface area contributed by atoms with Crippen LogP contribution in [0.2, 0.25) is 0 Å². The van der Waals surface area contributed by atoms with Crippen LogP contribution in [-0.4, -0.2) is 16.8 Å². The molecule has 0 saturated heterocycles. The zero-order valence-corrected chi connectivity index (χ0v) is 9.92. The Labute approximate surface area is 105 Å². The number of hydrogen-bond donors (Lipinski definition) is 1. The van der Waals surface area contributed by atoms with E-state index in [0.717, 1.165) is 16.6 Å². The van der Waals surface area contributed by atoms with Gasteiger partial charge in [-0.1, -0.05) is 6.07 Å². The van der Waals surface area contributed by atoms with Crippen molar-refractivity contribution >= 4 is 10.9 Å². The van der Waals surface area contributed by atoms with Gasteiger partial charge in [-0.15, -0.1) is 0 Å². The summed E-state index contributed by atoms with van der Waals surface area (Å²) in [5.41, 5.74) is 1.94. The maximum absolute atomic E-state index is 9.70. The number of ether oxygens (including phenoxy) is 1. The Kier molecular flexibility index (Phi) is 2.45. The summed E-state index contributed by atoms with van der Waals surface area (Å²) in [5, 5.41) is 10.8. The third kappa shape index (κ3) is 1.70. The number of fused-ring (bicyclic) bond motifs is 1. The summed E-state index contributed by atoms with van der Waals surface area (Å²) >= 11 is 0. The molecule has 0 aliphatic heterocycles. The molecule has 89 valence electrons. The molecule has 0 fully saturated rings. The van der Waals surface area contributed by atoms with Gasteiger partial charge in [0, 0.05) is 29.8 Å². The van der Waals surface area contributed by atoms with Crippen molar-refractivity contribution < 1.29 is 9.84 Å². The van der Waals surface area contributed by atoms with Gasteiger partial charge >= 0.3 is 0 Å². The maximum Gasteiger partial charge on any atom is 0.124 e. The molecule has 1 heterocycles. The lowest BCUT2D eigenvalue weighted by Crippen LogP contribution is -1.93. The molecule has 0 spiro atoms. The zero-order chi connectivity index (χ0) is 12.5. The molecule has 3 heteroatoms. The first-order valence-electron chi connectivity index (χ1n) is 5.63. The van der Waals surface area contributed by atoms with Crippen LogP contribution in [0.4, 0.5) is 0 Å². The number of phenolic OH excluding ortho intramolecular Hbond substituents is 1. The van der Waals surface area contributed by atoms with Crippen molar-refractivity contribution in [3.8, 4) is 17.2 Å². The van der Waals surface area contributed by atoms with Crippen LogP contribution in [0.3, 0.4) is 0 Å². The highest BCUT2D eigenvalue weighted by molar-refractivity contribution is 5.81. The van der Waals surface area contributed by atoms with Gasteiger partial charge < -0.3 is 14.4 Å². The number of phenols is 1. The molecule has 1 aromatic heterocycles. The van der Waals surface area contributed by atoms with Crippen molar-refractivity contribution in [1.29, 1.82) is 0 Å². The first-order chi connectivity index (χ1) is 8.78. The third-order valence-electron chi connectivity index (χ3n) is 2.92. The Morgan fingerprint density at radius 3 is 2.94 bits per heavy atom. The van der Waals surface area contributed by atoms with Gasteiger partial charge in [-0.2, -0.15) is 0 Å². The van der Waals surface area contributed by atoms with E-state index in [4.69, 9.17) is 4.74 Å². The average molecular weight is 238 g/mol. The molecule has 1 radical (unpaired) electrons. The monoisotopic (exact) mass is 238 g/mol. The van der Waals surface area contributed by atoms with Gasteiger partial charge in [0.1, 0.15) is 11.5 Å². The Morgan fingerprint density at radius 1 is 1.22 bits per heavy atom. The van der Waals surface area contributed by atoms with Crippen LogP contribution in [0.15, 0.2) is 48.7 Å². The Balaban J connectivity index is 2.22. The quantitative estimate of drug-likeness (QED) is 0.744. The first kappa shape index (κ1) is 10.7. The summed E-state index contributed by atoms with van der Waals surface area (Å²) in [6.07, 6.45) is 1.96. The Hall–Kier alpha value is -2.42. The van der Waals surface area contributed by atoms with Crippen molar-refractivity contribution in [2.24, 2.45) is 0 Å². The second-order valence-electron chi connectivity index (χ2n) is 4.06. The number of benzene rings is 2. The number of hydrogen-bond acceptors (Lipinski definition) is 2. The molecule has 1 N–H and O–H groups in total. The molecule has 0 saturated carbocycles. The number of aromatic nitrogens is 1. The molecule has 0 amide bonds. The lowest BCUT2D eigenvalue weighted by Gasteiger charge is -2.08. The van der Waals surface area contributed by atoms with Crippen molar-refractivity contribution in [2.45, 2.75) is 0 Å². The molecule has 18 heavy (non-hydrogen) atoms. The summed E-state index contributed by atoms with van der Waals surface area (Å²) < 4.78 is 7.17. The van der Waals surface area contributed by atoms with E-state index < -0.39 is 0 Å². The zero-order valence-electron chi connectivity index (χ0n) is 9.92. The van der Waals surface area contributed by atoms with Gasteiger partial charge in [0.15, 0.2) is 0 Å². The summed E-state index contributed by atoms with van der Waals surface area (Å²) in [6, 6.07) is 16.0. The minimum Gasteiger partial charge on any atom is -0.508 e. The van der Waals surface area contributed by atoms with Crippen molar-refractivity contribution in [3.63, 3.8) is 0 Å². The van der Waals surface area contributed by atoms with Crippen LogP contribution in [0.25, 0.3) is 16.6 Å². The number of methoxy groups -OCH3 is 1. The molecule has 0 aliphatic carbocycles. The molecule has 3 aromatic rings. The van der Waals surface area contributed by atoms with E-state index in [-0.39, 0.29) is 5.75 Å². The summed E-state index contributed by atoms with van der Waals surface area (Å²) in [6.45, 7) is 0. The van der Waals surface area contributed by atoms with E-state index in [0.29, 0.717) is 5.75 Å². The molecule has 3 nitrogen and oxygen atoms in total. The second kappa shape index (κ2) is 4.11. The van der Waals surface area contributed by atoms with Crippen LogP contribution >= 0.6 is 0 Å². The molecule has 0 aliphatic rings. The highest BCUT2D eigenvalue weighted by Crippen LogP contribution is 2.27. The van der Waals surface area contributed by atoms with Crippen molar-refractivity contribution in [1.82, 2.24) is 4.57 Å². The smallest absolute Gasteiger partial charge is 0.124 e. The summed E-state index contributed by atoms with van der Waals surface area (Å²) in [7, 11) is 1.58. The normalized spacial score (nSPS) is 10.7. The van der Waals surface area contributed by atoms with Crippen LogP contribution in [0.1, 0.15) is 0 Å². The molecular formula is C15H12NO2. The largest absolute Gasteiger partial charge is 0.508 e. The van der Waals surface area contributed by atoms with E-state index in [2.05, 4.69) is 6.07 Å². The highest BCUT2D eigenvalue weighted by atomic mass is 16.5. The minimum absolute atomic E-state index is 0.189. The second-order valence-corrected chi connectivity index (χ2v) is 4.06. The standard InChI is InChI=1S/C15H12NO2/c1-18-14-9-12(8-13(17)10-14)16-7-6-11-4-2-3-5-15(11)16/h3-10,17H,1H3. The van der Waals surface area contributed by atoms with Crippen LogP contribution in [0, 0.1) is 6.07 Å². The Bertz CT molecular complexity index is 701. The molecule has 0 unspecified atom stereocenters. The predicted octanol–water partition coefficient (Wildman–Crippen LogP) is 3.14. The van der Waals surface area contributed by atoms with Gasteiger partial charge in [-0.05, 0) is 24.3 Å². The highest BCUT2D eigenvalue weighted by Gasteiger charge is 2.05. The number of nitrogens with zero attached hydrogens (tertiary/aromatic N) is 1. The van der Waals surface area contributed by atoms with Crippen LogP contribution in [-0.2, 0) is 0 Å². The number of aromatic hydroxyl groups is 1. The number of rotatable bonds is 2. The fourth-order valence-corrected chi connectivity index (χ4v) is 2.07.